The number of nitrogens with one attached hydrogen (secondary N) is 1. The Bertz CT molecular complexity index is 908. The number of benzene rings is 2. The minimum Gasteiger partial charge on any atom is -0.366 e. The molecule has 1 unspecified atom stereocenters. The molecule has 0 spiro atoms. The number of carbonyl (C=O) groups is 2. The molecule has 0 fully saturated rings. The highest BCUT2D eigenvalue weighted by molar-refractivity contribution is 8.02. The number of nitrogens with two attached hydrogens (primary N) is 1. The van der Waals surface area contributed by atoms with Gasteiger partial charge in [-0.25, -0.2) is 4.98 Å². The zero-order valence-corrected chi connectivity index (χ0v) is 15.6. The first-order chi connectivity index (χ1) is 12.5. The highest BCUT2D eigenvalue weighted by atomic mass is 32.2. The van der Waals surface area contributed by atoms with Crippen LogP contribution in [0.3, 0.4) is 0 Å². The Morgan fingerprint density at radius 2 is 1.81 bits per heavy atom. The zero-order chi connectivity index (χ0) is 18.5. The number of nitrogens with zero attached hydrogens (tertiary/aromatic N) is 1. The standard InChI is InChI=1S/C19H17N3O2S2/c1-12(18(24)21-15-9-7-14(8-10-15)17(20)23)26-19-22-16(11-25-19)13-5-3-2-4-6-13/h2-12H,1H3,(H2,20,23)(H,21,24). The van der Waals surface area contributed by atoms with E-state index in [0.717, 1.165) is 15.6 Å². The van der Waals surface area contributed by atoms with E-state index in [1.54, 1.807) is 24.3 Å². The molecule has 2 aromatic carbocycles. The van der Waals surface area contributed by atoms with E-state index >= 15 is 0 Å². The summed E-state index contributed by atoms with van der Waals surface area (Å²) in [5, 5.41) is 4.52. The fraction of sp³-hybridized carbons (Fsp3) is 0.105. The van der Waals surface area contributed by atoms with Crippen molar-refractivity contribution in [2.45, 2.75) is 16.5 Å². The second-order valence-electron chi connectivity index (χ2n) is 5.56. The SMILES string of the molecule is CC(Sc1nc(-c2ccccc2)cs1)C(=O)Nc1ccc(C(N)=O)cc1. The molecule has 0 saturated carbocycles. The first-order valence-electron chi connectivity index (χ1n) is 7.91. The summed E-state index contributed by atoms with van der Waals surface area (Å²) in [6.45, 7) is 1.83. The maximum atomic E-state index is 12.4. The number of thioether (sulfide) groups is 1. The minimum absolute atomic E-state index is 0.127. The summed E-state index contributed by atoms with van der Waals surface area (Å²) in [5.74, 6) is -0.622. The molecule has 7 heteroatoms. The smallest absolute Gasteiger partial charge is 0.248 e. The fourth-order valence-corrected chi connectivity index (χ4v) is 4.19. The van der Waals surface area contributed by atoms with E-state index in [2.05, 4.69) is 10.3 Å². The van der Waals surface area contributed by atoms with Gasteiger partial charge < -0.3 is 11.1 Å². The molecule has 3 rings (SSSR count). The largest absolute Gasteiger partial charge is 0.366 e. The van der Waals surface area contributed by atoms with Crippen LogP contribution < -0.4 is 11.1 Å². The quantitative estimate of drug-likeness (QED) is 0.630. The van der Waals surface area contributed by atoms with Gasteiger partial charge in [0, 0.05) is 22.2 Å². The third-order valence-corrected chi connectivity index (χ3v) is 5.71. The molecule has 132 valence electrons. The third kappa shape index (κ3) is 4.50. The lowest BCUT2D eigenvalue weighted by Gasteiger charge is -2.10. The molecule has 2 amide bonds. The van der Waals surface area contributed by atoms with Crippen LogP contribution in [-0.2, 0) is 4.79 Å². The van der Waals surface area contributed by atoms with Gasteiger partial charge in [-0.3, -0.25) is 9.59 Å². The third-order valence-electron chi connectivity index (χ3n) is 3.64. The number of aromatic nitrogens is 1. The van der Waals surface area contributed by atoms with Crippen molar-refractivity contribution in [1.29, 1.82) is 0 Å². The highest BCUT2D eigenvalue weighted by Crippen LogP contribution is 2.31. The zero-order valence-electron chi connectivity index (χ0n) is 14.0. The monoisotopic (exact) mass is 383 g/mol. The number of anilines is 1. The molecule has 3 aromatic rings. The average molecular weight is 383 g/mol. The number of amides is 2. The van der Waals surface area contributed by atoms with Crippen molar-refractivity contribution in [2.75, 3.05) is 5.32 Å². The van der Waals surface area contributed by atoms with Crippen LogP contribution in [0.25, 0.3) is 11.3 Å². The van der Waals surface area contributed by atoms with E-state index in [1.165, 1.54) is 23.1 Å². The van der Waals surface area contributed by atoms with E-state index in [0.29, 0.717) is 11.3 Å². The normalized spacial score (nSPS) is 11.7. The average Bonchev–Trinajstić information content (AvgIpc) is 3.11. The van der Waals surface area contributed by atoms with Crippen molar-refractivity contribution in [1.82, 2.24) is 4.98 Å². The number of carbonyl (C=O) groups excluding carboxylic acids is 2. The van der Waals surface area contributed by atoms with Crippen LogP contribution in [0, 0.1) is 0 Å². The van der Waals surface area contributed by atoms with Gasteiger partial charge >= 0.3 is 0 Å². The van der Waals surface area contributed by atoms with E-state index in [9.17, 15) is 9.59 Å². The molecule has 0 bridgehead atoms. The lowest BCUT2D eigenvalue weighted by molar-refractivity contribution is -0.115. The van der Waals surface area contributed by atoms with E-state index in [-0.39, 0.29) is 11.2 Å². The summed E-state index contributed by atoms with van der Waals surface area (Å²) in [7, 11) is 0. The lowest BCUT2D eigenvalue weighted by atomic mass is 10.2. The molecule has 3 N–H and O–H groups in total. The van der Waals surface area contributed by atoms with E-state index < -0.39 is 5.91 Å². The maximum Gasteiger partial charge on any atom is 0.248 e. The highest BCUT2D eigenvalue weighted by Gasteiger charge is 2.17. The Labute approximate surface area is 159 Å². The van der Waals surface area contributed by atoms with Gasteiger partial charge in [-0.2, -0.15) is 0 Å². The topological polar surface area (TPSA) is 85.1 Å². The Hall–Kier alpha value is -2.64. The van der Waals surface area contributed by atoms with Crippen molar-refractivity contribution >= 4 is 40.6 Å². The van der Waals surface area contributed by atoms with Gasteiger partial charge in [0.1, 0.15) is 0 Å². The minimum atomic E-state index is -0.496. The van der Waals surface area contributed by atoms with Gasteiger partial charge in [-0.05, 0) is 31.2 Å². The molecular formula is C19H17N3O2S2. The van der Waals surface area contributed by atoms with Gasteiger partial charge in [-0.15, -0.1) is 11.3 Å². The first kappa shape index (κ1) is 18.2. The first-order valence-corrected chi connectivity index (χ1v) is 9.67. The molecular weight excluding hydrogens is 366 g/mol. The van der Waals surface area contributed by atoms with E-state index in [1.807, 2.05) is 42.6 Å². The Morgan fingerprint density at radius 1 is 1.12 bits per heavy atom. The molecule has 5 nitrogen and oxygen atoms in total. The van der Waals surface area contributed by atoms with Gasteiger partial charge in [-0.1, -0.05) is 42.1 Å². The molecule has 1 aromatic heterocycles. The molecule has 0 aliphatic heterocycles. The molecule has 1 heterocycles. The number of hydrogen-bond acceptors (Lipinski definition) is 5. The molecule has 0 radical (unpaired) electrons. The summed E-state index contributed by atoms with van der Waals surface area (Å²) < 4.78 is 0.843. The number of thiazole rings is 1. The van der Waals surface area contributed by atoms with Crippen molar-refractivity contribution < 1.29 is 9.59 Å². The molecule has 0 saturated heterocycles. The van der Waals surface area contributed by atoms with Crippen molar-refractivity contribution in [3.8, 4) is 11.3 Å². The van der Waals surface area contributed by atoms with Crippen LogP contribution in [0.4, 0.5) is 5.69 Å². The Kier molecular flexibility index (Phi) is 5.70. The predicted octanol–water partition coefficient (Wildman–Crippen LogP) is 4.03. The van der Waals surface area contributed by atoms with E-state index in [4.69, 9.17) is 5.73 Å². The lowest BCUT2D eigenvalue weighted by Crippen LogP contribution is -2.22. The number of primary amides is 1. The molecule has 0 aliphatic carbocycles. The van der Waals surface area contributed by atoms with Crippen LogP contribution >= 0.6 is 23.1 Å². The van der Waals surface area contributed by atoms with Crippen molar-refractivity contribution in [3.63, 3.8) is 0 Å². The fourth-order valence-electron chi connectivity index (χ4n) is 2.22. The van der Waals surface area contributed by atoms with Gasteiger partial charge in [0.2, 0.25) is 11.8 Å². The van der Waals surface area contributed by atoms with Crippen LogP contribution in [0.2, 0.25) is 0 Å². The molecule has 26 heavy (non-hydrogen) atoms. The van der Waals surface area contributed by atoms with Crippen LogP contribution in [0.5, 0.6) is 0 Å². The summed E-state index contributed by atoms with van der Waals surface area (Å²) in [6, 6.07) is 16.4. The second-order valence-corrected chi connectivity index (χ2v) is 8.00. The number of rotatable bonds is 6. The summed E-state index contributed by atoms with van der Waals surface area (Å²) in [6.07, 6.45) is 0. The molecule has 0 aliphatic rings. The Morgan fingerprint density at radius 3 is 2.46 bits per heavy atom. The van der Waals surface area contributed by atoms with Gasteiger partial charge in [0.25, 0.3) is 0 Å². The van der Waals surface area contributed by atoms with Crippen LogP contribution in [0.15, 0.2) is 64.3 Å². The van der Waals surface area contributed by atoms with Crippen molar-refractivity contribution in [3.05, 3.63) is 65.5 Å². The van der Waals surface area contributed by atoms with Crippen molar-refractivity contribution in [2.24, 2.45) is 5.73 Å². The number of hydrogen-bond donors (Lipinski definition) is 2. The van der Waals surface area contributed by atoms with Crippen LogP contribution in [0.1, 0.15) is 17.3 Å². The summed E-state index contributed by atoms with van der Waals surface area (Å²) >= 11 is 2.94. The second kappa shape index (κ2) is 8.16. The summed E-state index contributed by atoms with van der Waals surface area (Å²) in [5.41, 5.74) is 8.20. The van der Waals surface area contributed by atoms with Gasteiger partial charge in [0.15, 0.2) is 4.34 Å². The van der Waals surface area contributed by atoms with Crippen LogP contribution in [-0.4, -0.2) is 22.0 Å². The predicted molar refractivity (Wildman–Crippen MR) is 106 cm³/mol. The Balaban J connectivity index is 1.61. The molecule has 1 atom stereocenters. The summed E-state index contributed by atoms with van der Waals surface area (Å²) in [4.78, 5) is 28.0. The maximum absolute atomic E-state index is 12.4. The van der Waals surface area contributed by atoms with Gasteiger partial charge in [0.05, 0.1) is 10.9 Å².